The number of furan rings is 1. The minimum atomic E-state index is -0.336. The number of carbonyl (C=O) groups excluding carboxylic acids is 1. The Morgan fingerprint density at radius 3 is 3.00 bits per heavy atom. The predicted molar refractivity (Wildman–Crippen MR) is 64.2 cm³/mol. The van der Waals surface area contributed by atoms with E-state index < -0.39 is 0 Å². The molecule has 0 bridgehead atoms. The summed E-state index contributed by atoms with van der Waals surface area (Å²) in [6.45, 7) is -0.0322. The number of carbonyl (C=O) groups is 1. The van der Waals surface area contributed by atoms with Crippen molar-refractivity contribution in [2.75, 3.05) is 11.9 Å². The van der Waals surface area contributed by atoms with E-state index in [0.29, 0.717) is 11.4 Å². The Morgan fingerprint density at radius 1 is 1.39 bits per heavy atom. The van der Waals surface area contributed by atoms with E-state index in [2.05, 4.69) is 5.32 Å². The maximum absolute atomic E-state index is 11.7. The van der Waals surface area contributed by atoms with Crippen LogP contribution in [-0.2, 0) is 0 Å². The molecule has 0 radical (unpaired) electrons. The average molecular weight is 242 g/mol. The van der Waals surface area contributed by atoms with Gasteiger partial charge in [-0.05, 0) is 24.3 Å². The lowest BCUT2D eigenvalue weighted by Gasteiger charge is -2.06. The van der Waals surface area contributed by atoms with Crippen molar-refractivity contribution in [2.45, 2.75) is 0 Å². The molecule has 18 heavy (non-hydrogen) atoms. The third-order valence-electron chi connectivity index (χ3n) is 2.14. The predicted octanol–water partition coefficient (Wildman–Crippen LogP) is 2.43. The highest BCUT2D eigenvalue weighted by atomic mass is 16.5. The van der Waals surface area contributed by atoms with E-state index in [9.17, 15) is 4.79 Å². The lowest BCUT2D eigenvalue weighted by Crippen LogP contribution is -2.10. The summed E-state index contributed by atoms with van der Waals surface area (Å²) < 4.78 is 10.1. The zero-order chi connectivity index (χ0) is 12.8. The number of amides is 1. The summed E-state index contributed by atoms with van der Waals surface area (Å²) in [7, 11) is 0. The van der Waals surface area contributed by atoms with Gasteiger partial charge >= 0.3 is 0 Å². The first kappa shape index (κ1) is 11.7. The molecule has 5 nitrogen and oxygen atoms in total. The molecule has 0 unspecified atom stereocenters. The average Bonchev–Trinajstić information content (AvgIpc) is 2.91. The van der Waals surface area contributed by atoms with Gasteiger partial charge in [-0.2, -0.15) is 5.26 Å². The number of nitrogens with one attached hydrogen (secondary N) is 1. The molecule has 0 spiro atoms. The molecule has 1 N–H and O–H groups in total. The van der Waals surface area contributed by atoms with Crippen LogP contribution in [0.2, 0.25) is 0 Å². The Kier molecular flexibility index (Phi) is 3.62. The molecule has 5 heteroatoms. The molecule has 0 fully saturated rings. The maximum Gasteiger partial charge on any atom is 0.291 e. The van der Waals surface area contributed by atoms with Gasteiger partial charge in [0.25, 0.3) is 5.91 Å². The molecule has 0 atom stereocenters. The molecule has 1 amide bonds. The van der Waals surface area contributed by atoms with Crippen LogP contribution in [0.25, 0.3) is 0 Å². The molecule has 1 aromatic carbocycles. The Morgan fingerprint density at radius 2 is 2.28 bits per heavy atom. The second-order valence-electron chi connectivity index (χ2n) is 3.41. The monoisotopic (exact) mass is 242 g/mol. The number of nitrogens with zero attached hydrogens (tertiary/aromatic N) is 1. The molecule has 1 aromatic heterocycles. The van der Waals surface area contributed by atoms with Crippen molar-refractivity contribution in [2.24, 2.45) is 0 Å². The fourth-order valence-corrected chi connectivity index (χ4v) is 1.38. The number of ether oxygens (including phenoxy) is 1. The Bertz CT molecular complexity index is 570. The summed E-state index contributed by atoms with van der Waals surface area (Å²) >= 11 is 0. The Labute approximate surface area is 104 Å². The van der Waals surface area contributed by atoms with Gasteiger partial charge in [0.05, 0.1) is 6.26 Å². The molecule has 90 valence electrons. The summed E-state index contributed by atoms with van der Waals surface area (Å²) in [6.07, 6.45) is 1.43. The van der Waals surface area contributed by atoms with Crippen LogP contribution in [0.5, 0.6) is 5.75 Å². The summed E-state index contributed by atoms with van der Waals surface area (Å²) in [5.74, 6) is 0.421. The molecule has 1 heterocycles. The Balaban J connectivity index is 2.05. The number of rotatable bonds is 4. The van der Waals surface area contributed by atoms with Crippen molar-refractivity contribution >= 4 is 11.6 Å². The van der Waals surface area contributed by atoms with Crippen molar-refractivity contribution < 1.29 is 13.9 Å². The van der Waals surface area contributed by atoms with E-state index in [-0.39, 0.29) is 18.3 Å². The first-order valence-corrected chi connectivity index (χ1v) is 5.24. The van der Waals surface area contributed by atoms with Crippen molar-refractivity contribution in [1.29, 1.82) is 5.26 Å². The topological polar surface area (TPSA) is 75.3 Å². The third kappa shape index (κ3) is 2.89. The zero-order valence-corrected chi connectivity index (χ0v) is 9.42. The van der Waals surface area contributed by atoms with E-state index in [1.54, 1.807) is 36.4 Å². The first-order chi connectivity index (χ1) is 8.79. The van der Waals surface area contributed by atoms with Crippen LogP contribution < -0.4 is 10.1 Å². The molecular weight excluding hydrogens is 232 g/mol. The molecule has 0 saturated carbocycles. The van der Waals surface area contributed by atoms with E-state index >= 15 is 0 Å². The highest BCUT2D eigenvalue weighted by molar-refractivity contribution is 6.02. The van der Waals surface area contributed by atoms with Crippen LogP contribution in [0.4, 0.5) is 5.69 Å². The van der Waals surface area contributed by atoms with Gasteiger partial charge in [0.1, 0.15) is 11.8 Å². The van der Waals surface area contributed by atoms with Gasteiger partial charge in [0, 0.05) is 11.8 Å². The molecule has 0 aliphatic rings. The van der Waals surface area contributed by atoms with E-state index in [0.717, 1.165) is 0 Å². The van der Waals surface area contributed by atoms with E-state index in [1.807, 2.05) is 6.07 Å². The van der Waals surface area contributed by atoms with E-state index in [4.69, 9.17) is 14.4 Å². The lowest BCUT2D eigenvalue weighted by atomic mass is 10.3. The maximum atomic E-state index is 11.7. The van der Waals surface area contributed by atoms with Crippen LogP contribution >= 0.6 is 0 Å². The second-order valence-corrected chi connectivity index (χ2v) is 3.41. The molecule has 2 rings (SSSR count). The van der Waals surface area contributed by atoms with Crippen molar-refractivity contribution in [3.8, 4) is 11.8 Å². The smallest absolute Gasteiger partial charge is 0.291 e. The molecule has 0 saturated heterocycles. The molecule has 0 aliphatic heterocycles. The van der Waals surface area contributed by atoms with Crippen LogP contribution in [0.15, 0.2) is 47.1 Å². The van der Waals surface area contributed by atoms with E-state index in [1.165, 1.54) is 6.26 Å². The van der Waals surface area contributed by atoms with Crippen LogP contribution in [0.3, 0.4) is 0 Å². The minimum absolute atomic E-state index is 0.0322. The highest BCUT2D eigenvalue weighted by Crippen LogP contribution is 2.18. The molecule has 0 aliphatic carbocycles. The summed E-state index contributed by atoms with van der Waals surface area (Å²) in [5, 5.41) is 11.1. The normalized spacial score (nSPS) is 9.50. The first-order valence-electron chi connectivity index (χ1n) is 5.24. The molecular formula is C13H10N2O3. The number of benzene rings is 1. The zero-order valence-electron chi connectivity index (χ0n) is 9.42. The van der Waals surface area contributed by atoms with Gasteiger partial charge in [0.15, 0.2) is 12.4 Å². The quantitative estimate of drug-likeness (QED) is 0.893. The molecule has 2 aromatic rings. The van der Waals surface area contributed by atoms with Gasteiger partial charge in [0.2, 0.25) is 0 Å². The summed E-state index contributed by atoms with van der Waals surface area (Å²) in [5.41, 5.74) is 0.576. The largest absolute Gasteiger partial charge is 0.479 e. The second kappa shape index (κ2) is 5.55. The van der Waals surface area contributed by atoms with Gasteiger partial charge in [-0.15, -0.1) is 0 Å². The van der Waals surface area contributed by atoms with Gasteiger partial charge in [-0.3, -0.25) is 4.79 Å². The van der Waals surface area contributed by atoms with Crippen molar-refractivity contribution in [3.63, 3.8) is 0 Å². The SMILES string of the molecule is N#CCOc1cccc(NC(=O)c2ccco2)c1. The number of hydrogen-bond donors (Lipinski definition) is 1. The van der Waals surface area contributed by atoms with Gasteiger partial charge < -0.3 is 14.5 Å². The van der Waals surface area contributed by atoms with Gasteiger partial charge in [-0.25, -0.2) is 0 Å². The van der Waals surface area contributed by atoms with Gasteiger partial charge in [-0.1, -0.05) is 6.07 Å². The highest BCUT2D eigenvalue weighted by Gasteiger charge is 2.08. The van der Waals surface area contributed by atoms with Crippen molar-refractivity contribution in [3.05, 3.63) is 48.4 Å². The summed E-state index contributed by atoms with van der Waals surface area (Å²) in [4.78, 5) is 11.7. The number of nitriles is 1. The number of anilines is 1. The summed E-state index contributed by atoms with van der Waals surface area (Å²) in [6, 6.07) is 11.9. The fourth-order valence-electron chi connectivity index (χ4n) is 1.38. The third-order valence-corrected chi connectivity index (χ3v) is 2.14. The minimum Gasteiger partial charge on any atom is -0.479 e. The standard InChI is InChI=1S/C13H10N2O3/c14-6-8-17-11-4-1-3-10(9-11)15-13(16)12-5-2-7-18-12/h1-5,7,9H,8H2,(H,15,16). The van der Waals surface area contributed by atoms with Crippen LogP contribution in [0, 0.1) is 11.3 Å². The lowest BCUT2D eigenvalue weighted by molar-refractivity contribution is 0.0996. The van der Waals surface area contributed by atoms with Crippen molar-refractivity contribution in [1.82, 2.24) is 0 Å². The van der Waals surface area contributed by atoms with Crippen LogP contribution in [0.1, 0.15) is 10.6 Å². The van der Waals surface area contributed by atoms with Crippen LogP contribution in [-0.4, -0.2) is 12.5 Å². The fraction of sp³-hybridized carbons (Fsp3) is 0.0769. The Hall–Kier alpha value is -2.74. The number of hydrogen-bond acceptors (Lipinski definition) is 4.